The molecule has 0 radical (unpaired) electrons. The van der Waals surface area contributed by atoms with E-state index in [2.05, 4.69) is 0 Å². The van der Waals surface area contributed by atoms with Crippen molar-refractivity contribution in [2.45, 2.75) is 26.0 Å². The number of ether oxygens (including phenoxy) is 1. The van der Waals surface area contributed by atoms with Crippen LogP contribution in [0, 0.1) is 0 Å². The third kappa shape index (κ3) is 2.04. The molecule has 0 N–H and O–H groups in total. The Morgan fingerprint density at radius 2 is 2.33 bits per heavy atom. The van der Waals surface area contributed by atoms with E-state index in [0.717, 1.165) is 0 Å². The van der Waals surface area contributed by atoms with Gasteiger partial charge in [-0.2, -0.15) is 0 Å². The largest absolute Gasteiger partial charge is 0.459 e. The minimum Gasteiger partial charge on any atom is -0.459 e. The molecular weight excluding hydrogens is 194 g/mol. The number of hydrogen-bond acceptors (Lipinski definition) is 3. The summed E-state index contributed by atoms with van der Waals surface area (Å²) in [6.45, 7) is 5.16. The zero-order valence-corrected chi connectivity index (χ0v) is 8.97. The summed E-state index contributed by atoms with van der Waals surface area (Å²) in [7, 11) is 0. The third-order valence-corrected chi connectivity index (χ3v) is 2.60. The normalized spacial score (nSPS) is 26.7. The van der Waals surface area contributed by atoms with Gasteiger partial charge >= 0.3 is 0 Å². The van der Waals surface area contributed by atoms with Crippen LogP contribution in [0.15, 0.2) is 22.8 Å². The van der Waals surface area contributed by atoms with Gasteiger partial charge in [0.2, 0.25) is 0 Å². The van der Waals surface area contributed by atoms with Crippen molar-refractivity contribution in [3.05, 3.63) is 24.2 Å². The van der Waals surface area contributed by atoms with E-state index >= 15 is 0 Å². The Hall–Kier alpha value is -1.29. The number of rotatable bonds is 1. The SMILES string of the molecule is C[C@H]1CN(C(=O)c2ccco2)[C@@H](C)CO1. The van der Waals surface area contributed by atoms with Gasteiger partial charge in [-0.1, -0.05) is 0 Å². The molecule has 82 valence electrons. The van der Waals surface area contributed by atoms with Crippen molar-refractivity contribution >= 4 is 5.91 Å². The van der Waals surface area contributed by atoms with E-state index < -0.39 is 0 Å². The van der Waals surface area contributed by atoms with Crippen LogP contribution in [0.2, 0.25) is 0 Å². The van der Waals surface area contributed by atoms with Crippen LogP contribution in [0.1, 0.15) is 24.4 Å². The molecule has 1 amide bonds. The maximum atomic E-state index is 12.0. The topological polar surface area (TPSA) is 42.7 Å². The molecule has 0 unspecified atom stereocenters. The van der Waals surface area contributed by atoms with E-state index in [9.17, 15) is 4.79 Å². The van der Waals surface area contributed by atoms with E-state index in [-0.39, 0.29) is 18.1 Å². The lowest BCUT2D eigenvalue weighted by molar-refractivity contribution is -0.0396. The minimum atomic E-state index is -0.0531. The average Bonchev–Trinajstić information content (AvgIpc) is 2.74. The van der Waals surface area contributed by atoms with Gasteiger partial charge in [0, 0.05) is 6.54 Å². The van der Waals surface area contributed by atoms with Crippen molar-refractivity contribution in [2.75, 3.05) is 13.2 Å². The molecule has 1 aromatic rings. The molecule has 0 aliphatic carbocycles. The molecule has 0 saturated carbocycles. The van der Waals surface area contributed by atoms with Gasteiger partial charge in [-0.15, -0.1) is 0 Å². The summed E-state index contributed by atoms with van der Waals surface area (Å²) in [5.41, 5.74) is 0. The number of furan rings is 1. The van der Waals surface area contributed by atoms with Gasteiger partial charge in [-0.3, -0.25) is 4.79 Å². The van der Waals surface area contributed by atoms with Gasteiger partial charge < -0.3 is 14.1 Å². The predicted octanol–water partition coefficient (Wildman–Crippen LogP) is 1.53. The number of nitrogens with zero attached hydrogens (tertiary/aromatic N) is 1. The van der Waals surface area contributed by atoms with Crippen molar-refractivity contribution in [2.24, 2.45) is 0 Å². The van der Waals surface area contributed by atoms with Crippen LogP contribution in [-0.2, 0) is 4.74 Å². The zero-order chi connectivity index (χ0) is 10.8. The van der Waals surface area contributed by atoms with Gasteiger partial charge in [-0.05, 0) is 26.0 Å². The smallest absolute Gasteiger partial charge is 0.289 e. The molecule has 0 aromatic carbocycles. The van der Waals surface area contributed by atoms with E-state index in [4.69, 9.17) is 9.15 Å². The summed E-state index contributed by atoms with van der Waals surface area (Å²) in [5, 5.41) is 0. The molecule has 4 heteroatoms. The van der Waals surface area contributed by atoms with Crippen LogP contribution in [0.4, 0.5) is 0 Å². The summed E-state index contributed by atoms with van der Waals surface area (Å²) >= 11 is 0. The first-order valence-corrected chi connectivity index (χ1v) is 5.14. The van der Waals surface area contributed by atoms with Crippen molar-refractivity contribution in [3.8, 4) is 0 Å². The lowest BCUT2D eigenvalue weighted by atomic mass is 10.2. The van der Waals surface area contributed by atoms with Crippen molar-refractivity contribution in [1.82, 2.24) is 4.90 Å². The van der Waals surface area contributed by atoms with Gasteiger partial charge in [0.05, 0.1) is 25.0 Å². The molecule has 4 nitrogen and oxygen atoms in total. The maximum absolute atomic E-state index is 12.0. The molecule has 1 saturated heterocycles. The Bertz CT molecular complexity index is 334. The summed E-state index contributed by atoms with van der Waals surface area (Å²) in [6.07, 6.45) is 1.61. The quantitative estimate of drug-likeness (QED) is 0.704. The van der Waals surface area contributed by atoms with Crippen molar-refractivity contribution < 1.29 is 13.9 Å². The third-order valence-electron chi connectivity index (χ3n) is 2.60. The number of amides is 1. The van der Waals surface area contributed by atoms with Crippen LogP contribution in [0.25, 0.3) is 0 Å². The minimum absolute atomic E-state index is 0.0531. The Kier molecular flexibility index (Phi) is 2.77. The highest BCUT2D eigenvalue weighted by atomic mass is 16.5. The monoisotopic (exact) mass is 209 g/mol. The van der Waals surface area contributed by atoms with Crippen LogP contribution in [0.5, 0.6) is 0 Å². The van der Waals surface area contributed by atoms with E-state index in [1.54, 1.807) is 17.0 Å². The van der Waals surface area contributed by atoms with Crippen molar-refractivity contribution in [1.29, 1.82) is 0 Å². The molecule has 0 bridgehead atoms. The summed E-state index contributed by atoms with van der Waals surface area (Å²) < 4.78 is 10.6. The first kappa shape index (κ1) is 10.2. The molecule has 2 heterocycles. The first-order chi connectivity index (χ1) is 7.18. The molecule has 1 fully saturated rings. The Morgan fingerprint density at radius 1 is 1.53 bits per heavy atom. The lowest BCUT2D eigenvalue weighted by Gasteiger charge is -2.36. The van der Waals surface area contributed by atoms with Crippen molar-refractivity contribution in [3.63, 3.8) is 0 Å². The fourth-order valence-electron chi connectivity index (χ4n) is 1.73. The highest BCUT2D eigenvalue weighted by Crippen LogP contribution is 2.15. The fraction of sp³-hybridized carbons (Fsp3) is 0.545. The van der Waals surface area contributed by atoms with E-state index in [1.807, 2.05) is 13.8 Å². The number of carbonyl (C=O) groups is 1. The first-order valence-electron chi connectivity index (χ1n) is 5.14. The van der Waals surface area contributed by atoms with Crippen LogP contribution in [0.3, 0.4) is 0 Å². The highest BCUT2D eigenvalue weighted by Gasteiger charge is 2.29. The standard InChI is InChI=1S/C11H15NO3/c1-8-7-15-9(2)6-12(8)11(13)10-4-3-5-14-10/h3-5,8-9H,6-7H2,1-2H3/t8-,9-/m0/s1. The van der Waals surface area contributed by atoms with Gasteiger partial charge in [0.15, 0.2) is 5.76 Å². The average molecular weight is 209 g/mol. The second-order valence-electron chi connectivity index (χ2n) is 3.93. The molecule has 2 rings (SSSR count). The molecular formula is C11H15NO3. The summed E-state index contributed by atoms with van der Waals surface area (Å²) in [4.78, 5) is 13.8. The van der Waals surface area contributed by atoms with Crippen LogP contribution >= 0.6 is 0 Å². The second-order valence-corrected chi connectivity index (χ2v) is 3.93. The van der Waals surface area contributed by atoms with Gasteiger partial charge in [-0.25, -0.2) is 0 Å². The van der Waals surface area contributed by atoms with E-state index in [1.165, 1.54) is 6.26 Å². The molecule has 15 heavy (non-hydrogen) atoms. The summed E-state index contributed by atoms with van der Waals surface area (Å²) in [5.74, 6) is 0.346. The number of morpholine rings is 1. The predicted molar refractivity (Wildman–Crippen MR) is 54.6 cm³/mol. The second kappa shape index (κ2) is 4.06. The molecule has 2 atom stereocenters. The Balaban J connectivity index is 2.12. The van der Waals surface area contributed by atoms with E-state index in [0.29, 0.717) is 18.9 Å². The molecule has 1 aliphatic heterocycles. The molecule has 1 aromatic heterocycles. The fourth-order valence-corrected chi connectivity index (χ4v) is 1.73. The number of carbonyl (C=O) groups excluding carboxylic acids is 1. The zero-order valence-electron chi connectivity index (χ0n) is 8.97. The van der Waals surface area contributed by atoms with Gasteiger partial charge in [0.25, 0.3) is 5.91 Å². The molecule has 0 spiro atoms. The lowest BCUT2D eigenvalue weighted by Crippen LogP contribution is -2.50. The number of hydrogen-bond donors (Lipinski definition) is 0. The Labute approximate surface area is 88.8 Å². The maximum Gasteiger partial charge on any atom is 0.289 e. The van der Waals surface area contributed by atoms with Gasteiger partial charge in [0.1, 0.15) is 0 Å². The summed E-state index contributed by atoms with van der Waals surface area (Å²) in [6, 6.07) is 3.52. The highest BCUT2D eigenvalue weighted by molar-refractivity contribution is 5.91. The van der Waals surface area contributed by atoms with Crippen LogP contribution < -0.4 is 0 Å². The van der Waals surface area contributed by atoms with Crippen LogP contribution in [-0.4, -0.2) is 36.1 Å². The molecule has 1 aliphatic rings. The Morgan fingerprint density at radius 3 is 3.00 bits per heavy atom.